The van der Waals surface area contributed by atoms with Gasteiger partial charge in [-0.15, -0.1) is 0 Å². The van der Waals surface area contributed by atoms with Gasteiger partial charge in [0.1, 0.15) is 5.56 Å². The summed E-state index contributed by atoms with van der Waals surface area (Å²) in [5.74, 6) is -0.806. The molecule has 2 heterocycles. The molecule has 0 fully saturated rings. The van der Waals surface area contributed by atoms with Crippen molar-refractivity contribution in [2.75, 3.05) is 5.01 Å². The van der Waals surface area contributed by atoms with Gasteiger partial charge in [-0.3, -0.25) is 23.3 Å². The van der Waals surface area contributed by atoms with Crippen LogP contribution in [0.25, 0.3) is 6.08 Å². The molecule has 2 N–H and O–H groups in total. The summed E-state index contributed by atoms with van der Waals surface area (Å²) in [6.45, 7) is 6.14. The van der Waals surface area contributed by atoms with Crippen LogP contribution >= 0.6 is 0 Å². The number of benzene rings is 1. The second-order valence-corrected chi connectivity index (χ2v) is 10.4. The number of carbonyl (C=O) groups excluding carboxylic acids is 1. The molecular formula is C27H32N4O7S. The Kier molecular flexibility index (Phi) is 9.60. The quantitative estimate of drug-likeness (QED) is 0.244. The summed E-state index contributed by atoms with van der Waals surface area (Å²) in [5.41, 5.74) is -0.0153. The predicted octanol–water partition coefficient (Wildman–Crippen LogP) is 3.48. The van der Waals surface area contributed by atoms with E-state index in [1.165, 1.54) is 41.0 Å². The number of aromatic hydroxyl groups is 1. The van der Waals surface area contributed by atoms with Crippen molar-refractivity contribution in [1.29, 1.82) is 0 Å². The Hall–Kier alpha value is -4.03. The molecule has 0 saturated heterocycles. The molecule has 12 heteroatoms. The second-order valence-electron chi connectivity index (χ2n) is 8.93. The van der Waals surface area contributed by atoms with Gasteiger partial charge in [-0.2, -0.15) is 18.5 Å². The van der Waals surface area contributed by atoms with Gasteiger partial charge in [-0.1, -0.05) is 44.9 Å². The molecule has 11 nitrogen and oxygen atoms in total. The van der Waals surface area contributed by atoms with Crippen molar-refractivity contribution < 1.29 is 22.9 Å². The Balaban J connectivity index is 1.83. The van der Waals surface area contributed by atoms with Gasteiger partial charge >= 0.3 is 5.69 Å². The highest BCUT2D eigenvalue weighted by Crippen LogP contribution is 2.25. The SMILES string of the molecule is CCCCn1c(O)c(C=CC=CC=C2C(=O)N(c3ccc(S(=O)(=O)O)cc3)N=C2C)c(=O)n(CCCC)c1=O. The summed E-state index contributed by atoms with van der Waals surface area (Å²) in [4.78, 5) is 38.3. The smallest absolute Gasteiger partial charge is 0.333 e. The zero-order chi connectivity index (χ0) is 28.7. The lowest BCUT2D eigenvalue weighted by molar-refractivity contribution is -0.114. The highest BCUT2D eigenvalue weighted by Gasteiger charge is 2.28. The average molecular weight is 557 g/mol. The number of hydrazone groups is 1. The number of amides is 1. The third-order valence-corrected chi connectivity index (χ3v) is 6.96. The minimum absolute atomic E-state index is 0.00769. The summed E-state index contributed by atoms with van der Waals surface area (Å²) in [5, 5.41) is 16.0. The maximum absolute atomic E-state index is 12.9. The van der Waals surface area contributed by atoms with Crippen molar-refractivity contribution >= 4 is 33.5 Å². The van der Waals surface area contributed by atoms with Crippen LogP contribution in [0.1, 0.15) is 52.0 Å². The molecule has 0 radical (unpaired) electrons. The van der Waals surface area contributed by atoms with Gasteiger partial charge in [-0.25, -0.2) is 4.79 Å². The van der Waals surface area contributed by atoms with Crippen LogP contribution in [0.5, 0.6) is 5.88 Å². The van der Waals surface area contributed by atoms with E-state index in [0.29, 0.717) is 36.4 Å². The van der Waals surface area contributed by atoms with E-state index in [1.807, 2.05) is 13.8 Å². The number of carbonyl (C=O) groups is 1. The first-order valence-corrected chi connectivity index (χ1v) is 14.0. The topological polar surface area (TPSA) is 151 Å². The van der Waals surface area contributed by atoms with E-state index >= 15 is 0 Å². The number of anilines is 1. The summed E-state index contributed by atoms with van der Waals surface area (Å²) >= 11 is 0. The van der Waals surface area contributed by atoms with E-state index in [0.717, 1.165) is 22.4 Å². The molecule has 3 rings (SSSR count). The molecule has 0 unspecified atom stereocenters. The lowest BCUT2D eigenvalue weighted by Crippen LogP contribution is -2.41. The fourth-order valence-electron chi connectivity index (χ4n) is 3.90. The maximum Gasteiger partial charge on any atom is 0.333 e. The molecule has 0 atom stereocenters. The molecule has 1 aliphatic rings. The minimum Gasteiger partial charge on any atom is -0.494 e. The van der Waals surface area contributed by atoms with E-state index < -0.39 is 27.3 Å². The number of nitrogens with zero attached hydrogens (tertiary/aromatic N) is 4. The molecule has 0 bridgehead atoms. The van der Waals surface area contributed by atoms with Crippen molar-refractivity contribution in [2.45, 2.75) is 64.4 Å². The first-order valence-electron chi connectivity index (χ1n) is 12.6. The molecule has 0 aliphatic carbocycles. The standard InChI is InChI=1S/C27H32N4O7S/c1-4-6-17-29-24(32)23(25(33)30(27(29)35)18-7-5-2)12-10-8-9-11-22-19(3)28-31(26(22)34)20-13-15-21(16-14-20)39(36,37)38/h8-16,32H,4-7,17-18H2,1-3H3,(H,36,37,38). The lowest BCUT2D eigenvalue weighted by atomic mass is 10.1. The van der Waals surface area contributed by atoms with Gasteiger partial charge < -0.3 is 5.11 Å². The highest BCUT2D eigenvalue weighted by atomic mass is 32.2. The first kappa shape index (κ1) is 29.5. The van der Waals surface area contributed by atoms with Crippen molar-refractivity contribution in [1.82, 2.24) is 9.13 Å². The van der Waals surface area contributed by atoms with Gasteiger partial charge in [0.25, 0.3) is 21.6 Å². The zero-order valence-corrected chi connectivity index (χ0v) is 22.9. The molecule has 2 aromatic rings. The van der Waals surface area contributed by atoms with Crippen LogP contribution in [0.15, 0.2) is 73.7 Å². The molecule has 1 aromatic carbocycles. The van der Waals surface area contributed by atoms with Crippen molar-refractivity contribution in [3.63, 3.8) is 0 Å². The minimum atomic E-state index is -4.36. The molecular weight excluding hydrogens is 524 g/mol. The molecule has 1 aromatic heterocycles. The van der Waals surface area contributed by atoms with Crippen LogP contribution < -0.4 is 16.3 Å². The number of hydrogen-bond acceptors (Lipinski definition) is 7. The van der Waals surface area contributed by atoms with E-state index in [4.69, 9.17) is 4.55 Å². The van der Waals surface area contributed by atoms with Gasteiger partial charge in [-0.05, 0) is 56.2 Å². The number of allylic oxidation sites excluding steroid dienone is 4. The Morgan fingerprint density at radius 1 is 0.923 bits per heavy atom. The van der Waals surface area contributed by atoms with Gasteiger partial charge in [0.2, 0.25) is 5.88 Å². The fourth-order valence-corrected chi connectivity index (χ4v) is 4.38. The molecule has 0 saturated carbocycles. The van der Waals surface area contributed by atoms with E-state index in [9.17, 15) is 27.9 Å². The number of hydrogen-bond donors (Lipinski definition) is 2. The van der Waals surface area contributed by atoms with Gasteiger partial charge in [0.05, 0.1) is 21.9 Å². The molecule has 1 amide bonds. The molecule has 1 aliphatic heterocycles. The van der Waals surface area contributed by atoms with Gasteiger partial charge in [0, 0.05) is 13.1 Å². The van der Waals surface area contributed by atoms with Crippen LogP contribution in [0.4, 0.5) is 5.69 Å². The predicted molar refractivity (Wildman–Crippen MR) is 150 cm³/mol. The van der Waals surface area contributed by atoms with Crippen LogP contribution in [0.3, 0.4) is 0 Å². The average Bonchev–Trinajstić information content (AvgIpc) is 3.18. The fraction of sp³-hybridized carbons (Fsp3) is 0.333. The molecule has 0 spiro atoms. The van der Waals surface area contributed by atoms with Crippen LogP contribution in [-0.2, 0) is 28.0 Å². The monoisotopic (exact) mass is 556 g/mol. The van der Waals surface area contributed by atoms with E-state index in [-0.39, 0.29) is 22.9 Å². The maximum atomic E-state index is 12.9. The summed E-state index contributed by atoms with van der Waals surface area (Å²) in [6, 6.07) is 5.07. The Labute approximate surface area is 226 Å². The Morgan fingerprint density at radius 3 is 2.13 bits per heavy atom. The zero-order valence-electron chi connectivity index (χ0n) is 22.1. The number of unbranched alkanes of at least 4 members (excludes halogenated alkanes) is 2. The van der Waals surface area contributed by atoms with Crippen molar-refractivity contribution in [3.8, 4) is 5.88 Å². The normalized spacial score (nSPS) is 15.3. The summed E-state index contributed by atoms with van der Waals surface area (Å²) in [7, 11) is -4.36. The highest BCUT2D eigenvalue weighted by molar-refractivity contribution is 7.85. The first-order chi connectivity index (χ1) is 18.5. The lowest BCUT2D eigenvalue weighted by Gasteiger charge is -2.14. The van der Waals surface area contributed by atoms with Crippen molar-refractivity contribution in [2.24, 2.45) is 5.10 Å². The van der Waals surface area contributed by atoms with E-state index in [2.05, 4.69) is 5.10 Å². The summed E-state index contributed by atoms with van der Waals surface area (Å²) in [6.07, 6.45) is 10.6. The largest absolute Gasteiger partial charge is 0.494 e. The van der Waals surface area contributed by atoms with Crippen LogP contribution in [0, 0.1) is 0 Å². The van der Waals surface area contributed by atoms with Crippen molar-refractivity contribution in [3.05, 3.63) is 80.5 Å². The number of rotatable bonds is 11. The molecule has 39 heavy (non-hydrogen) atoms. The number of aromatic nitrogens is 2. The van der Waals surface area contributed by atoms with Gasteiger partial charge in [0.15, 0.2) is 0 Å². The molecule has 208 valence electrons. The second kappa shape index (κ2) is 12.7. The van der Waals surface area contributed by atoms with E-state index in [1.54, 1.807) is 25.2 Å². The summed E-state index contributed by atoms with van der Waals surface area (Å²) < 4.78 is 34.0. The Morgan fingerprint density at radius 2 is 1.54 bits per heavy atom. The van der Waals surface area contributed by atoms with Crippen LogP contribution in [-0.4, -0.2) is 38.8 Å². The van der Waals surface area contributed by atoms with Crippen LogP contribution in [0.2, 0.25) is 0 Å². The third-order valence-electron chi connectivity index (χ3n) is 6.09. The third kappa shape index (κ3) is 6.70. The Bertz CT molecular complexity index is 1580.